The molecule has 0 aliphatic rings. The van der Waals surface area contributed by atoms with Crippen LogP contribution < -0.4 is 0 Å². The number of pyridine rings is 2. The van der Waals surface area contributed by atoms with E-state index in [4.69, 9.17) is 0 Å². The average molecular weight is 262 g/mol. The van der Waals surface area contributed by atoms with Crippen LogP contribution in [0.3, 0.4) is 0 Å². The van der Waals surface area contributed by atoms with Crippen LogP contribution in [0.5, 0.6) is 0 Å². The van der Waals surface area contributed by atoms with E-state index in [9.17, 15) is 8.78 Å². The van der Waals surface area contributed by atoms with E-state index in [1.165, 1.54) is 6.07 Å². The molecule has 0 aliphatic heterocycles. The van der Waals surface area contributed by atoms with Crippen molar-refractivity contribution in [2.24, 2.45) is 5.41 Å². The molecule has 19 heavy (non-hydrogen) atoms. The molecule has 0 atom stereocenters. The Kier molecular flexibility index (Phi) is 3.60. The number of nitrogens with zero attached hydrogens (tertiary/aromatic N) is 2. The molecule has 0 N–H and O–H groups in total. The third-order valence-corrected chi connectivity index (χ3v) is 2.65. The molecule has 0 bridgehead atoms. The summed E-state index contributed by atoms with van der Waals surface area (Å²) >= 11 is 0. The van der Waals surface area contributed by atoms with Crippen molar-refractivity contribution in [3.05, 3.63) is 47.9 Å². The Labute approximate surface area is 111 Å². The second-order valence-corrected chi connectivity index (χ2v) is 5.76. The smallest absolute Gasteiger partial charge is 0.224 e. The first-order valence-corrected chi connectivity index (χ1v) is 6.12. The first-order chi connectivity index (χ1) is 8.85. The highest BCUT2D eigenvalue weighted by molar-refractivity contribution is 5.59. The van der Waals surface area contributed by atoms with Gasteiger partial charge in [0.1, 0.15) is 0 Å². The van der Waals surface area contributed by atoms with E-state index in [2.05, 4.69) is 30.7 Å². The Balaban J connectivity index is 2.38. The van der Waals surface area contributed by atoms with Crippen LogP contribution in [0.1, 0.15) is 26.3 Å². The van der Waals surface area contributed by atoms with E-state index in [0.29, 0.717) is 5.69 Å². The molecule has 0 unspecified atom stereocenters. The Bertz CT molecular complexity index is 589. The van der Waals surface area contributed by atoms with E-state index in [-0.39, 0.29) is 11.0 Å². The highest BCUT2D eigenvalue weighted by Gasteiger charge is 2.14. The summed E-state index contributed by atoms with van der Waals surface area (Å²) in [6, 6.07) is 6.23. The molecule has 0 aliphatic carbocycles. The summed E-state index contributed by atoms with van der Waals surface area (Å²) in [5.41, 5.74) is 1.91. The van der Waals surface area contributed by atoms with E-state index >= 15 is 0 Å². The average Bonchev–Trinajstić information content (AvgIpc) is 2.26. The van der Waals surface area contributed by atoms with Crippen LogP contribution in [0.15, 0.2) is 30.5 Å². The van der Waals surface area contributed by atoms with Gasteiger partial charge in [-0.3, -0.25) is 4.98 Å². The van der Waals surface area contributed by atoms with Crippen LogP contribution in [-0.2, 0) is 6.42 Å². The minimum atomic E-state index is -0.833. The summed E-state index contributed by atoms with van der Waals surface area (Å²) in [5.74, 6) is -1.66. The number of aromatic nitrogens is 2. The van der Waals surface area contributed by atoms with Crippen molar-refractivity contribution < 1.29 is 8.78 Å². The SMILES string of the molecule is CC(C)(C)Cc1ccnc(-c2ccc(F)nc2F)c1. The summed E-state index contributed by atoms with van der Waals surface area (Å²) in [4.78, 5) is 7.31. The molecule has 0 aromatic carbocycles. The molecule has 2 aromatic heterocycles. The fourth-order valence-corrected chi connectivity index (χ4v) is 1.95. The predicted octanol–water partition coefficient (Wildman–Crippen LogP) is 4.01. The third-order valence-electron chi connectivity index (χ3n) is 2.65. The predicted molar refractivity (Wildman–Crippen MR) is 70.5 cm³/mol. The molecule has 2 aromatic rings. The van der Waals surface area contributed by atoms with Gasteiger partial charge in [0.05, 0.1) is 11.3 Å². The van der Waals surface area contributed by atoms with Crippen molar-refractivity contribution in [2.45, 2.75) is 27.2 Å². The second-order valence-electron chi connectivity index (χ2n) is 5.76. The van der Waals surface area contributed by atoms with Crippen LogP contribution in [0.25, 0.3) is 11.3 Å². The first-order valence-electron chi connectivity index (χ1n) is 6.12. The minimum absolute atomic E-state index is 0.137. The van der Waals surface area contributed by atoms with Gasteiger partial charge in [-0.1, -0.05) is 20.8 Å². The molecule has 0 radical (unpaired) electrons. The Morgan fingerprint density at radius 3 is 2.47 bits per heavy atom. The molecule has 4 heteroatoms. The fraction of sp³-hybridized carbons (Fsp3) is 0.333. The largest absolute Gasteiger partial charge is 0.256 e. The van der Waals surface area contributed by atoms with Gasteiger partial charge in [0.25, 0.3) is 0 Å². The van der Waals surface area contributed by atoms with E-state index in [0.717, 1.165) is 18.1 Å². The third kappa shape index (κ3) is 3.56. The minimum Gasteiger partial charge on any atom is -0.256 e. The number of hydrogen-bond donors (Lipinski definition) is 0. The molecule has 100 valence electrons. The summed E-state index contributed by atoms with van der Waals surface area (Å²) in [6.07, 6.45) is 2.50. The Morgan fingerprint density at radius 1 is 1.11 bits per heavy atom. The van der Waals surface area contributed by atoms with Gasteiger partial charge in [-0.2, -0.15) is 13.8 Å². The zero-order valence-corrected chi connectivity index (χ0v) is 11.2. The summed E-state index contributed by atoms with van der Waals surface area (Å²) < 4.78 is 26.4. The van der Waals surface area contributed by atoms with Crippen LogP contribution in [0.4, 0.5) is 8.78 Å². The molecule has 0 fully saturated rings. The van der Waals surface area contributed by atoms with Crippen molar-refractivity contribution in [2.75, 3.05) is 0 Å². The zero-order valence-electron chi connectivity index (χ0n) is 11.2. The van der Waals surface area contributed by atoms with E-state index < -0.39 is 11.9 Å². The molecule has 2 rings (SSSR count). The molecular formula is C15H16F2N2. The highest BCUT2D eigenvalue weighted by Crippen LogP contribution is 2.24. The maximum absolute atomic E-state index is 13.6. The molecule has 0 spiro atoms. The lowest BCUT2D eigenvalue weighted by Gasteiger charge is -2.18. The summed E-state index contributed by atoms with van der Waals surface area (Å²) in [5, 5.41) is 0. The number of halogens is 2. The van der Waals surface area contributed by atoms with Gasteiger partial charge in [-0.15, -0.1) is 0 Å². The Morgan fingerprint density at radius 2 is 1.84 bits per heavy atom. The van der Waals surface area contributed by atoms with Crippen molar-refractivity contribution in [3.8, 4) is 11.3 Å². The van der Waals surface area contributed by atoms with Gasteiger partial charge in [-0.05, 0) is 41.7 Å². The lowest BCUT2D eigenvalue weighted by molar-refractivity contribution is 0.411. The quantitative estimate of drug-likeness (QED) is 0.764. The van der Waals surface area contributed by atoms with E-state index in [1.807, 2.05) is 12.1 Å². The molecule has 0 amide bonds. The summed E-state index contributed by atoms with van der Waals surface area (Å²) in [7, 11) is 0. The highest BCUT2D eigenvalue weighted by atomic mass is 19.1. The van der Waals surface area contributed by atoms with Crippen molar-refractivity contribution >= 4 is 0 Å². The molecule has 2 nitrogen and oxygen atoms in total. The van der Waals surface area contributed by atoms with Crippen LogP contribution in [0.2, 0.25) is 0 Å². The van der Waals surface area contributed by atoms with Crippen LogP contribution in [-0.4, -0.2) is 9.97 Å². The normalized spacial score (nSPS) is 11.6. The fourth-order valence-electron chi connectivity index (χ4n) is 1.95. The lowest BCUT2D eigenvalue weighted by Crippen LogP contribution is -2.09. The van der Waals surface area contributed by atoms with Crippen molar-refractivity contribution in [1.29, 1.82) is 0 Å². The monoisotopic (exact) mass is 262 g/mol. The van der Waals surface area contributed by atoms with Crippen LogP contribution in [0, 0.1) is 17.3 Å². The topological polar surface area (TPSA) is 25.8 Å². The Hall–Kier alpha value is -1.84. The van der Waals surface area contributed by atoms with Crippen molar-refractivity contribution in [1.82, 2.24) is 9.97 Å². The first kappa shape index (κ1) is 13.6. The van der Waals surface area contributed by atoms with Gasteiger partial charge >= 0.3 is 0 Å². The van der Waals surface area contributed by atoms with Crippen LogP contribution >= 0.6 is 0 Å². The summed E-state index contributed by atoms with van der Waals surface area (Å²) in [6.45, 7) is 6.40. The van der Waals surface area contributed by atoms with Crippen molar-refractivity contribution in [3.63, 3.8) is 0 Å². The van der Waals surface area contributed by atoms with Gasteiger partial charge in [0.2, 0.25) is 11.9 Å². The lowest BCUT2D eigenvalue weighted by atomic mass is 9.88. The zero-order chi connectivity index (χ0) is 14.0. The molecule has 0 saturated heterocycles. The maximum Gasteiger partial charge on any atom is 0.224 e. The van der Waals surface area contributed by atoms with E-state index in [1.54, 1.807) is 6.20 Å². The van der Waals surface area contributed by atoms with Gasteiger partial charge in [0.15, 0.2) is 0 Å². The molecule has 0 saturated carbocycles. The standard InChI is InChI=1S/C15H16F2N2/c1-15(2,3)9-10-6-7-18-12(8-10)11-4-5-13(16)19-14(11)17/h4-8H,9H2,1-3H3. The molecular weight excluding hydrogens is 246 g/mol. The number of hydrogen-bond acceptors (Lipinski definition) is 2. The van der Waals surface area contributed by atoms with Gasteiger partial charge in [-0.25, -0.2) is 0 Å². The molecule has 2 heterocycles. The number of rotatable bonds is 2. The second kappa shape index (κ2) is 5.03. The van der Waals surface area contributed by atoms with Gasteiger partial charge in [0, 0.05) is 6.20 Å². The van der Waals surface area contributed by atoms with Gasteiger partial charge < -0.3 is 0 Å². The maximum atomic E-state index is 13.6.